The Bertz CT molecular complexity index is 824. The minimum absolute atomic E-state index is 0.0887. The number of sulfonamides is 1. The van der Waals surface area contributed by atoms with E-state index in [4.69, 9.17) is 0 Å². The van der Waals surface area contributed by atoms with Gasteiger partial charge >= 0.3 is 0 Å². The van der Waals surface area contributed by atoms with E-state index in [1.54, 1.807) is 54.2 Å². The third kappa shape index (κ3) is 6.07. The van der Waals surface area contributed by atoms with Gasteiger partial charge in [0.25, 0.3) is 10.0 Å². The molecule has 2 aromatic carbocycles. The van der Waals surface area contributed by atoms with Crippen LogP contribution in [0.25, 0.3) is 0 Å². The van der Waals surface area contributed by atoms with Crippen LogP contribution in [-0.4, -0.2) is 25.3 Å². The summed E-state index contributed by atoms with van der Waals surface area (Å²) in [7, 11) is -3.66. The highest BCUT2D eigenvalue weighted by Crippen LogP contribution is 2.21. The molecule has 5 nitrogen and oxygen atoms in total. The quantitative estimate of drug-likeness (QED) is 0.622. The van der Waals surface area contributed by atoms with Gasteiger partial charge in [-0.1, -0.05) is 37.6 Å². The fourth-order valence-corrected chi connectivity index (χ4v) is 4.29. The van der Waals surface area contributed by atoms with Crippen molar-refractivity contribution in [2.45, 2.75) is 36.8 Å². The first-order valence-electron chi connectivity index (χ1n) is 8.53. The van der Waals surface area contributed by atoms with E-state index in [1.807, 2.05) is 6.92 Å². The number of thioether (sulfide) groups is 1. The number of hydrogen-bond donors (Lipinski definition) is 2. The van der Waals surface area contributed by atoms with E-state index in [9.17, 15) is 13.2 Å². The maximum atomic E-state index is 12.4. The second kappa shape index (κ2) is 9.64. The Labute approximate surface area is 159 Å². The number of rotatable bonds is 9. The van der Waals surface area contributed by atoms with E-state index in [2.05, 4.69) is 17.0 Å². The number of hydrogen-bond acceptors (Lipinski definition) is 4. The lowest BCUT2D eigenvalue weighted by atomic mass is 10.3. The number of anilines is 2. The van der Waals surface area contributed by atoms with E-state index >= 15 is 0 Å². The van der Waals surface area contributed by atoms with Crippen molar-refractivity contribution in [3.63, 3.8) is 0 Å². The zero-order valence-electron chi connectivity index (χ0n) is 14.9. The highest BCUT2D eigenvalue weighted by atomic mass is 32.2. The standard InChI is InChI=1S/C19H24N2O3S2/c1-3-4-13-25-15(2)19(22)20-16-9-8-10-17(14-16)21-26(23,24)18-11-6-5-7-12-18/h5-12,14-15,21H,3-4,13H2,1-2H3,(H,20,22). The molecule has 2 rings (SSSR count). The lowest BCUT2D eigenvalue weighted by Crippen LogP contribution is -2.23. The Balaban J connectivity index is 2.03. The van der Waals surface area contributed by atoms with Crippen molar-refractivity contribution in [1.82, 2.24) is 0 Å². The Hall–Kier alpha value is -1.99. The normalized spacial score (nSPS) is 12.4. The number of benzene rings is 2. The Morgan fingerprint density at radius 1 is 1.08 bits per heavy atom. The minimum Gasteiger partial charge on any atom is -0.325 e. The summed E-state index contributed by atoms with van der Waals surface area (Å²) >= 11 is 1.62. The average Bonchev–Trinajstić information content (AvgIpc) is 2.62. The van der Waals surface area contributed by atoms with Crippen molar-refractivity contribution in [2.75, 3.05) is 15.8 Å². The topological polar surface area (TPSA) is 75.3 Å². The van der Waals surface area contributed by atoms with Crippen molar-refractivity contribution in [1.29, 1.82) is 0 Å². The molecule has 2 aromatic rings. The first kappa shape index (κ1) is 20.3. The summed E-state index contributed by atoms with van der Waals surface area (Å²) in [5.41, 5.74) is 0.962. The smallest absolute Gasteiger partial charge is 0.261 e. The fourth-order valence-electron chi connectivity index (χ4n) is 2.20. The number of amides is 1. The molecule has 26 heavy (non-hydrogen) atoms. The molecule has 1 atom stereocenters. The van der Waals surface area contributed by atoms with Crippen LogP contribution in [0.1, 0.15) is 26.7 Å². The lowest BCUT2D eigenvalue weighted by Gasteiger charge is -2.13. The Morgan fingerprint density at radius 3 is 2.46 bits per heavy atom. The monoisotopic (exact) mass is 392 g/mol. The van der Waals surface area contributed by atoms with Crippen LogP contribution >= 0.6 is 11.8 Å². The van der Waals surface area contributed by atoms with Crippen LogP contribution in [0.2, 0.25) is 0 Å². The number of nitrogens with one attached hydrogen (secondary N) is 2. The molecule has 140 valence electrons. The third-order valence-corrected chi connectivity index (χ3v) is 6.31. The molecule has 0 saturated carbocycles. The van der Waals surface area contributed by atoms with Crippen LogP contribution in [0.15, 0.2) is 59.5 Å². The largest absolute Gasteiger partial charge is 0.325 e. The Kier molecular flexibility index (Phi) is 7.53. The maximum Gasteiger partial charge on any atom is 0.261 e. The molecule has 1 unspecified atom stereocenters. The lowest BCUT2D eigenvalue weighted by molar-refractivity contribution is -0.115. The molecule has 0 fully saturated rings. The molecule has 7 heteroatoms. The second-order valence-corrected chi connectivity index (χ2v) is 8.99. The van der Waals surface area contributed by atoms with Crippen LogP contribution in [0, 0.1) is 0 Å². The predicted octanol–water partition coefficient (Wildman–Crippen LogP) is 4.35. The van der Waals surface area contributed by atoms with Gasteiger partial charge in [-0.3, -0.25) is 9.52 Å². The van der Waals surface area contributed by atoms with Gasteiger partial charge in [-0.25, -0.2) is 8.42 Å². The number of carbonyl (C=O) groups is 1. The summed E-state index contributed by atoms with van der Waals surface area (Å²) in [6, 6.07) is 14.9. The van der Waals surface area contributed by atoms with Gasteiger partial charge in [-0.2, -0.15) is 0 Å². The molecule has 0 radical (unpaired) electrons. The van der Waals surface area contributed by atoms with Crippen LogP contribution in [0.4, 0.5) is 11.4 Å². The summed E-state index contributed by atoms with van der Waals surface area (Å²) in [4.78, 5) is 12.4. The van der Waals surface area contributed by atoms with E-state index in [-0.39, 0.29) is 16.1 Å². The Morgan fingerprint density at radius 2 is 1.77 bits per heavy atom. The number of unbranched alkanes of at least 4 members (excludes halogenated alkanes) is 1. The molecule has 0 saturated heterocycles. The van der Waals surface area contributed by atoms with E-state index in [0.717, 1.165) is 18.6 Å². The molecule has 2 N–H and O–H groups in total. The SMILES string of the molecule is CCCCSC(C)C(=O)Nc1cccc(NS(=O)(=O)c2ccccc2)c1. The number of carbonyl (C=O) groups excluding carboxylic acids is 1. The third-order valence-electron chi connectivity index (χ3n) is 3.67. The maximum absolute atomic E-state index is 12.4. The molecular weight excluding hydrogens is 368 g/mol. The van der Waals surface area contributed by atoms with Crippen molar-refractivity contribution < 1.29 is 13.2 Å². The van der Waals surface area contributed by atoms with Gasteiger partial charge in [0.1, 0.15) is 0 Å². The average molecular weight is 393 g/mol. The molecule has 0 aliphatic rings. The minimum atomic E-state index is -3.66. The molecule has 0 aromatic heterocycles. The predicted molar refractivity (Wildman–Crippen MR) is 109 cm³/mol. The van der Waals surface area contributed by atoms with Crippen molar-refractivity contribution in [3.8, 4) is 0 Å². The van der Waals surface area contributed by atoms with E-state index in [1.165, 1.54) is 12.1 Å². The molecule has 0 spiro atoms. The van der Waals surface area contributed by atoms with Gasteiger partial charge in [0.05, 0.1) is 15.8 Å². The summed E-state index contributed by atoms with van der Waals surface area (Å²) in [5.74, 6) is 0.858. The first-order chi connectivity index (χ1) is 12.4. The van der Waals surface area contributed by atoms with Crippen molar-refractivity contribution in [3.05, 3.63) is 54.6 Å². The van der Waals surface area contributed by atoms with Gasteiger partial charge in [0.2, 0.25) is 5.91 Å². The molecule has 1 amide bonds. The molecule has 0 bridgehead atoms. The molecular formula is C19H24N2O3S2. The highest BCUT2D eigenvalue weighted by molar-refractivity contribution is 8.00. The highest BCUT2D eigenvalue weighted by Gasteiger charge is 2.15. The van der Waals surface area contributed by atoms with Crippen LogP contribution < -0.4 is 10.0 Å². The van der Waals surface area contributed by atoms with Gasteiger partial charge in [0, 0.05) is 5.69 Å². The molecule has 0 aliphatic carbocycles. The first-order valence-corrected chi connectivity index (χ1v) is 11.1. The summed E-state index contributed by atoms with van der Waals surface area (Å²) in [6.45, 7) is 3.99. The summed E-state index contributed by atoms with van der Waals surface area (Å²) in [6.07, 6.45) is 2.18. The van der Waals surface area contributed by atoms with Crippen LogP contribution in [-0.2, 0) is 14.8 Å². The van der Waals surface area contributed by atoms with E-state index < -0.39 is 10.0 Å². The van der Waals surface area contributed by atoms with Crippen molar-refractivity contribution >= 4 is 39.1 Å². The molecule has 0 aliphatic heterocycles. The van der Waals surface area contributed by atoms with E-state index in [0.29, 0.717) is 11.4 Å². The zero-order chi connectivity index (χ0) is 19.0. The van der Waals surface area contributed by atoms with Gasteiger partial charge in [-0.15, -0.1) is 11.8 Å². The summed E-state index contributed by atoms with van der Waals surface area (Å²) < 4.78 is 27.3. The van der Waals surface area contributed by atoms with Crippen LogP contribution in [0.3, 0.4) is 0 Å². The second-order valence-electron chi connectivity index (χ2n) is 5.86. The fraction of sp³-hybridized carbons (Fsp3) is 0.316. The molecule has 0 heterocycles. The van der Waals surface area contributed by atoms with Crippen molar-refractivity contribution in [2.24, 2.45) is 0 Å². The van der Waals surface area contributed by atoms with Gasteiger partial charge < -0.3 is 5.32 Å². The zero-order valence-corrected chi connectivity index (χ0v) is 16.6. The van der Waals surface area contributed by atoms with Gasteiger partial charge in [-0.05, 0) is 49.4 Å². The van der Waals surface area contributed by atoms with Gasteiger partial charge in [0.15, 0.2) is 0 Å². The summed E-state index contributed by atoms with van der Waals surface area (Å²) in [5, 5.41) is 2.68. The van der Waals surface area contributed by atoms with Crippen LogP contribution in [0.5, 0.6) is 0 Å².